The second-order valence-electron chi connectivity index (χ2n) is 15.0. The third-order valence-electron chi connectivity index (χ3n) is 11.0. The van der Waals surface area contributed by atoms with Gasteiger partial charge < -0.3 is 35.1 Å². The van der Waals surface area contributed by atoms with Gasteiger partial charge in [-0.15, -0.1) is 11.6 Å². The second kappa shape index (κ2) is 15.6. The molecular formula is C45H39ClFN7O5. The van der Waals surface area contributed by atoms with Crippen molar-refractivity contribution in [2.24, 2.45) is 0 Å². The fourth-order valence-electron chi connectivity index (χ4n) is 8.11. The van der Waals surface area contributed by atoms with E-state index in [9.17, 15) is 23.6 Å². The Bertz CT molecular complexity index is 2790. The number of aromatic amines is 2. The third-order valence-corrected chi connectivity index (χ3v) is 11.4. The summed E-state index contributed by atoms with van der Waals surface area (Å²) >= 11 is 6.55. The van der Waals surface area contributed by atoms with Crippen LogP contribution in [0.15, 0.2) is 103 Å². The lowest BCUT2D eigenvalue weighted by molar-refractivity contribution is -0.114. The number of H-pyrrole nitrogens is 2. The summed E-state index contributed by atoms with van der Waals surface area (Å²) in [7, 11) is 0. The summed E-state index contributed by atoms with van der Waals surface area (Å²) in [5.74, 6) is -0.687. The van der Waals surface area contributed by atoms with Gasteiger partial charge in [-0.1, -0.05) is 36.4 Å². The van der Waals surface area contributed by atoms with E-state index in [0.717, 1.165) is 27.6 Å². The molecule has 1 saturated heterocycles. The number of nitrogens with zero attached hydrogens (tertiary/aromatic N) is 3. The Morgan fingerprint density at radius 2 is 1.46 bits per heavy atom. The van der Waals surface area contributed by atoms with Gasteiger partial charge in [0.25, 0.3) is 11.8 Å². The molecule has 2 aliphatic rings. The summed E-state index contributed by atoms with van der Waals surface area (Å²) < 4.78 is 19.9. The largest absolute Gasteiger partial charge is 0.415 e. The number of nitrogens with one attached hydrogen (secondary N) is 4. The second-order valence-corrected chi connectivity index (χ2v) is 15.3. The molecule has 0 saturated carbocycles. The maximum atomic E-state index is 14.3. The molecule has 0 radical (unpaired) electrons. The van der Waals surface area contributed by atoms with E-state index in [4.69, 9.17) is 16.3 Å². The van der Waals surface area contributed by atoms with Crippen molar-refractivity contribution in [2.45, 2.75) is 19.4 Å². The number of piperazine rings is 1. The van der Waals surface area contributed by atoms with Crippen LogP contribution in [0.5, 0.6) is 5.75 Å². The number of amides is 4. The van der Waals surface area contributed by atoms with Crippen LogP contribution in [0.1, 0.15) is 44.9 Å². The van der Waals surface area contributed by atoms with Crippen LogP contribution in [0.25, 0.3) is 32.6 Å². The first-order valence-corrected chi connectivity index (χ1v) is 19.8. The molecular weight excluding hydrogens is 773 g/mol. The van der Waals surface area contributed by atoms with Crippen molar-refractivity contribution >= 4 is 85.1 Å². The van der Waals surface area contributed by atoms with Crippen molar-refractivity contribution in [3.8, 4) is 5.75 Å². The molecule has 1 atom stereocenters. The molecule has 1 fully saturated rings. The van der Waals surface area contributed by atoms with E-state index in [1.807, 2.05) is 48.5 Å². The topological polar surface area (TPSA) is 143 Å². The number of carbonyl (C=O) groups is 4. The van der Waals surface area contributed by atoms with E-state index in [0.29, 0.717) is 83.9 Å². The van der Waals surface area contributed by atoms with Crippen LogP contribution in [0.3, 0.4) is 0 Å². The van der Waals surface area contributed by atoms with Crippen LogP contribution < -0.4 is 20.3 Å². The van der Waals surface area contributed by atoms with Gasteiger partial charge in [-0.2, -0.15) is 0 Å². The average molecular weight is 812 g/mol. The number of aromatic nitrogens is 2. The lowest BCUT2D eigenvalue weighted by Crippen LogP contribution is -2.49. The number of rotatable bonds is 8. The molecule has 2 aliphatic heterocycles. The number of ether oxygens (including phenoxy) is 1. The number of anilines is 3. The molecule has 4 amide bonds. The summed E-state index contributed by atoms with van der Waals surface area (Å²) in [5.41, 5.74) is 5.91. The van der Waals surface area contributed by atoms with E-state index < -0.39 is 6.09 Å². The zero-order chi connectivity index (χ0) is 40.8. The summed E-state index contributed by atoms with van der Waals surface area (Å²) in [5, 5.41) is 8.58. The molecule has 59 heavy (non-hydrogen) atoms. The van der Waals surface area contributed by atoms with Crippen molar-refractivity contribution in [1.29, 1.82) is 0 Å². The highest BCUT2D eigenvalue weighted by Gasteiger charge is 2.36. The van der Waals surface area contributed by atoms with Crippen LogP contribution in [-0.2, 0) is 11.3 Å². The summed E-state index contributed by atoms with van der Waals surface area (Å²) in [4.78, 5) is 64.4. The van der Waals surface area contributed by atoms with E-state index >= 15 is 0 Å². The molecule has 298 valence electrons. The Morgan fingerprint density at radius 3 is 2.20 bits per heavy atom. The molecule has 5 aromatic carbocycles. The molecule has 4 N–H and O–H groups in total. The highest BCUT2D eigenvalue weighted by molar-refractivity contribution is 6.19. The van der Waals surface area contributed by atoms with E-state index in [-0.39, 0.29) is 41.0 Å². The maximum Gasteiger partial charge on any atom is 0.415 e. The molecule has 0 spiro atoms. The monoisotopic (exact) mass is 811 g/mol. The number of hydrogen-bond donors (Lipinski definition) is 4. The molecule has 2 aromatic heterocycles. The minimum atomic E-state index is -0.462. The lowest BCUT2D eigenvalue weighted by Gasteiger charge is -2.34. The summed E-state index contributed by atoms with van der Waals surface area (Å²) in [6.07, 6.45) is -0.462. The first-order valence-electron chi connectivity index (χ1n) is 19.3. The number of fused-ring (bicyclic) bond motifs is 5. The van der Waals surface area contributed by atoms with Gasteiger partial charge in [0.05, 0.1) is 5.69 Å². The first kappa shape index (κ1) is 37.9. The summed E-state index contributed by atoms with van der Waals surface area (Å²) in [6.45, 7) is 4.83. The molecule has 4 heterocycles. The van der Waals surface area contributed by atoms with Crippen molar-refractivity contribution in [3.05, 3.63) is 131 Å². The SMILES string of the molecule is CC(=O)Nc1ccc(CN2CCN(C(=O)Oc3cc4c(c5ccccc35)C(CCl)CN4C(=O)c3cc4cc(NC(=O)c5cc6cc(F)ccc6[nH]5)ccc4[nH]3)CC2)cc1. The van der Waals surface area contributed by atoms with Gasteiger partial charge in [0, 0.05) is 103 Å². The van der Waals surface area contributed by atoms with Crippen LogP contribution >= 0.6 is 11.6 Å². The van der Waals surface area contributed by atoms with Crippen molar-refractivity contribution < 1.29 is 28.3 Å². The average Bonchev–Trinajstić information content (AvgIpc) is 3.96. The highest BCUT2D eigenvalue weighted by atomic mass is 35.5. The number of alkyl halides is 1. The Morgan fingerprint density at radius 1 is 0.780 bits per heavy atom. The fourth-order valence-corrected chi connectivity index (χ4v) is 8.36. The van der Waals surface area contributed by atoms with Crippen LogP contribution in [0.4, 0.5) is 26.2 Å². The molecule has 7 aromatic rings. The number of benzene rings is 5. The first-order chi connectivity index (χ1) is 28.6. The Balaban J connectivity index is 0.915. The number of halogens is 2. The zero-order valence-electron chi connectivity index (χ0n) is 32.0. The van der Waals surface area contributed by atoms with Gasteiger partial charge in [-0.05, 0) is 77.2 Å². The van der Waals surface area contributed by atoms with Gasteiger partial charge in [-0.25, -0.2) is 9.18 Å². The molecule has 1 unspecified atom stereocenters. The number of carbonyl (C=O) groups excluding carboxylic acids is 4. The predicted molar refractivity (Wildman–Crippen MR) is 227 cm³/mol. The Hall–Kier alpha value is -6.70. The van der Waals surface area contributed by atoms with Gasteiger partial charge in [0.1, 0.15) is 23.0 Å². The minimum Gasteiger partial charge on any atom is -0.409 e. The highest BCUT2D eigenvalue weighted by Crippen LogP contribution is 2.46. The quantitative estimate of drug-likeness (QED) is 0.114. The van der Waals surface area contributed by atoms with Crippen LogP contribution in [0.2, 0.25) is 0 Å². The Labute approximate surface area is 342 Å². The van der Waals surface area contributed by atoms with Gasteiger partial charge in [0.2, 0.25) is 5.91 Å². The van der Waals surface area contributed by atoms with Crippen molar-refractivity contribution in [2.75, 3.05) is 54.1 Å². The summed E-state index contributed by atoms with van der Waals surface area (Å²) in [6, 6.07) is 30.1. The normalized spacial score (nSPS) is 15.5. The van der Waals surface area contributed by atoms with Gasteiger partial charge in [0.15, 0.2) is 0 Å². The molecule has 14 heteroatoms. The Kier molecular flexibility index (Phi) is 9.99. The predicted octanol–water partition coefficient (Wildman–Crippen LogP) is 8.45. The van der Waals surface area contributed by atoms with Crippen LogP contribution in [-0.4, -0.2) is 82.2 Å². The van der Waals surface area contributed by atoms with Gasteiger partial charge >= 0.3 is 6.09 Å². The standard InChI is InChI=1S/C45H39ClFN7O5/c1-26(55)48-32-9-6-27(7-10-32)24-52-14-16-53(17-15-52)45(58)59-41-22-40-42(35-5-3-2-4-34(35)41)30(23-46)25-54(40)44(57)39-21-29-19-33(11-13-37(29)51-39)49-43(56)38-20-28-18-31(47)8-12-36(28)50-38/h2-13,18-22,30,50-51H,14-17,23-25H2,1H3,(H,48,55)(H,49,56). The fraction of sp³-hybridized carbons (Fsp3) is 0.200. The molecule has 9 rings (SSSR count). The third kappa shape index (κ3) is 7.57. The van der Waals surface area contributed by atoms with Crippen molar-refractivity contribution in [3.63, 3.8) is 0 Å². The lowest BCUT2D eigenvalue weighted by atomic mass is 9.95. The van der Waals surface area contributed by atoms with Crippen molar-refractivity contribution in [1.82, 2.24) is 19.8 Å². The zero-order valence-corrected chi connectivity index (χ0v) is 32.7. The van der Waals surface area contributed by atoms with E-state index in [1.54, 1.807) is 52.3 Å². The van der Waals surface area contributed by atoms with E-state index in [1.165, 1.54) is 19.1 Å². The smallest absolute Gasteiger partial charge is 0.409 e. The van der Waals surface area contributed by atoms with E-state index in [2.05, 4.69) is 25.5 Å². The number of hydrogen-bond acceptors (Lipinski definition) is 6. The molecule has 0 bridgehead atoms. The van der Waals surface area contributed by atoms with Gasteiger partial charge in [-0.3, -0.25) is 19.3 Å². The molecule has 0 aliphatic carbocycles. The molecule has 12 nitrogen and oxygen atoms in total. The minimum absolute atomic E-state index is 0.116. The maximum absolute atomic E-state index is 14.3. The van der Waals surface area contributed by atoms with Crippen LogP contribution in [0, 0.1) is 5.82 Å².